The molecule has 0 bridgehead atoms. The number of aromatic carboxylic acids is 1. The van der Waals surface area contributed by atoms with Crippen LogP contribution in [0.25, 0.3) is 10.9 Å². The lowest BCUT2D eigenvalue weighted by atomic mass is 10.1. The molecule has 3 rings (SSSR count). The standard InChI is InChI=1S/C15H14F4N4O3/c16-9-5-8-10(6-11(9)22-3-1-20-2-4-22)23(7-15(17,18)19)21-12(13(8)24)14(25)26/h5-6,20H,1-4,7H2,(H,25,26). The third-order valence-corrected chi connectivity index (χ3v) is 4.01. The molecule has 1 saturated heterocycles. The number of nitrogens with zero attached hydrogens (tertiary/aromatic N) is 3. The molecular weight excluding hydrogens is 360 g/mol. The van der Waals surface area contributed by atoms with Gasteiger partial charge in [-0.2, -0.15) is 18.3 Å². The summed E-state index contributed by atoms with van der Waals surface area (Å²) in [5.74, 6) is -2.59. The summed E-state index contributed by atoms with van der Waals surface area (Å²) in [6.07, 6.45) is -4.70. The van der Waals surface area contributed by atoms with Crippen LogP contribution < -0.4 is 15.6 Å². The van der Waals surface area contributed by atoms with E-state index in [1.807, 2.05) is 0 Å². The topological polar surface area (TPSA) is 87.5 Å². The summed E-state index contributed by atoms with van der Waals surface area (Å²) in [7, 11) is 0. The zero-order valence-corrected chi connectivity index (χ0v) is 13.3. The number of nitrogens with one attached hydrogen (secondary N) is 1. The smallest absolute Gasteiger partial charge is 0.408 e. The minimum atomic E-state index is -4.70. The molecule has 2 N–H and O–H groups in total. The highest BCUT2D eigenvalue weighted by atomic mass is 19.4. The molecule has 0 aliphatic carbocycles. The molecule has 2 heterocycles. The van der Waals surface area contributed by atoms with E-state index >= 15 is 0 Å². The maximum absolute atomic E-state index is 14.5. The average Bonchev–Trinajstić information content (AvgIpc) is 2.56. The average molecular weight is 374 g/mol. The van der Waals surface area contributed by atoms with Gasteiger partial charge in [-0.3, -0.25) is 9.48 Å². The number of carboxylic acids is 1. The Balaban J connectivity index is 2.25. The number of piperazine rings is 1. The number of halogens is 4. The van der Waals surface area contributed by atoms with Crippen LogP contribution >= 0.6 is 0 Å². The Kier molecular flexibility index (Phi) is 4.57. The number of aromatic nitrogens is 2. The lowest BCUT2D eigenvalue weighted by Crippen LogP contribution is -2.44. The van der Waals surface area contributed by atoms with Crippen LogP contribution in [-0.2, 0) is 6.54 Å². The molecule has 0 saturated carbocycles. The van der Waals surface area contributed by atoms with Gasteiger partial charge in [0, 0.05) is 26.2 Å². The number of rotatable bonds is 3. The number of carboxylic acid groups (broad SMARTS) is 1. The highest BCUT2D eigenvalue weighted by molar-refractivity contribution is 5.91. The molecule has 1 fully saturated rings. The van der Waals surface area contributed by atoms with Gasteiger partial charge in [0.15, 0.2) is 0 Å². The zero-order valence-electron chi connectivity index (χ0n) is 13.3. The van der Waals surface area contributed by atoms with Gasteiger partial charge in [-0.1, -0.05) is 0 Å². The van der Waals surface area contributed by atoms with Gasteiger partial charge in [-0.05, 0) is 12.1 Å². The quantitative estimate of drug-likeness (QED) is 0.786. The van der Waals surface area contributed by atoms with Crippen LogP contribution in [0.4, 0.5) is 23.2 Å². The minimum absolute atomic E-state index is 0.0409. The molecule has 0 unspecified atom stereocenters. The Hall–Kier alpha value is -2.69. The van der Waals surface area contributed by atoms with Crippen molar-refractivity contribution in [1.29, 1.82) is 0 Å². The fraction of sp³-hybridized carbons (Fsp3) is 0.400. The summed E-state index contributed by atoms with van der Waals surface area (Å²) in [5.41, 5.74) is -2.45. The lowest BCUT2D eigenvalue weighted by molar-refractivity contribution is -0.142. The largest absolute Gasteiger partial charge is 0.476 e. The molecular formula is C15H14F4N4O3. The minimum Gasteiger partial charge on any atom is -0.476 e. The highest BCUT2D eigenvalue weighted by Crippen LogP contribution is 2.27. The molecule has 0 radical (unpaired) electrons. The van der Waals surface area contributed by atoms with Gasteiger partial charge in [0.2, 0.25) is 11.1 Å². The van der Waals surface area contributed by atoms with E-state index in [0.29, 0.717) is 30.9 Å². The molecule has 2 aromatic rings. The van der Waals surface area contributed by atoms with E-state index in [2.05, 4.69) is 10.4 Å². The lowest BCUT2D eigenvalue weighted by Gasteiger charge is -2.30. The Bertz CT molecular complexity index is 920. The summed E-state index contributed by atoms with van der Waals surface area (Å²) < 4.78 is 53.4. The van der Waals surface area contributed by atoms with Crippen LogP contribution in [0.5, 0.6) is 0 Å². The second-order valence-corrected chi connectivity index (χ2v) is 5.81. The molecule has 11 heteroatoms. The summed E-state index contributed by atoms with van der Waals surface area (Å²) in [4.78, 5) is 25.0. The van der Waals surface area contributed by atoms with Crippen molar-refractivity contribution in [3.63, 3.8) is 0 Å². The van der Waals surface area contributed by atoms with Crippen LogP contribution in [-0.4, -0.2) is 53.2 Å². The van der Waals surface area contributed by atoms with Crippen molar-refractivity contribution in [3.8, 4) is 0 Å². The van der Waals surface area contributed by atoms with Gasteiger partial charge < -0.3 is 15.3 Å². The molecule has 1 aliphatic rings. The van der Waals surface area contributed by atoms with Gasteiger partial charge in [0.1, 0.15) is 12.4 Å². The van der Waals surface area contributed by atoms with Crippen molar-refractivity contribution in [1.82, 2.24) is 15.1 Å². The Labute approximate surface area is 143 Å². The Morgan fingerprint density at radius 2 is 1.92 bits per heavy atom. The van der Waals surface area contributed by atoms with Crippen LogP contribution in [0.2, 0.25) is 0 Å². The third-order valence-electron chi connectivity index (χ3n) is 4.01. The van der Waals surface area contributed by atoms with E-state index in [1.54, 1.807) is 4.90 Å². The Morgan fingerprint density at radius 3 is 2.50 bits per heavy atom. The van der Waals surface area contributed by atoms with Gasteiger partial charge in [0.05, 0.1) is 16.6 Å². The predicted octanol–water partition coefficient (Wildman–Crippen LogP) is 1.21. The number of anilines is 1. The Morgan fingerprint density at radius 1 is 1.27 bits per heavy atom. The predicted molar refractivity (Wildman–Crippen MR) is 84.1 cm³/mol. The maximum Gasteiger partial charge on any atom is 0.408 e. The first-order valence-electron chi connectivity index (χ1n) is 7.67. The molecule has 0 amide bonds. The number of alkyl halides is 3. The molecule has 1 aromatic heterocycles. The van der Waals surface area contributed by atoms with Crippen LogP contribution in [0.1, 0.15) is 10.5 Å². The van der Waals surface area contributed by atoms with Crippen molar-refractivity contribution in [3.05, 3.63) is 33.9 Å². The molecule has 7 nitrogen and oxygen atoms in total. The molecule has 0 atom stereocenters. The van der Waals surface area contributed by atoms with E-state index in [1.165, 1.54) is 0 Å². The summed E-state index contributed by atoms with van der Waals surface area (Å²) in [6.45, 7) is 0.419. The summed E-state index contributed by atoms with van der Waals surface area (Å²) in [6, 6.07) is 1.89. The molecule has 1 aliphatic heterocycles. The van der Waals surface area contributed by atoms with Crippen molar-refractivity contribution in [2.75, 3.05) is 31.1 Å². The summed E-state index contributed by atoms with van der Waals surface area (Å²) in [5, 5.41) is 14.9. The van der Waals surface area contributed by atoms with Crippen molar-refractivity contribution in [2.45, 2.75) is 12.7 Å². The second-order valence-electron chi connectivity index (χ2n) is 5.81. The first-order valence-corrected chi connectivity index (χ1v) is 7.67. The molecule has 1 aromatic carbocycles. The normalized spacial score (nSPS) is 15.5. The molecule has 26 heavy (non-hydrogen) atoms. The van der Waals surface area contributed by atoms with E-state index in [0.717, 1.165) is 12.1 Å². The fourth-order valence-corrected chi connectivity index (χ4v) is 2.87. The maximum atomic E-state index is 14.5. The monoisotopic (exact) mass is 374 g/mol. The van der Waals surface area contributed by atoms with Crippen molar-refractivity contribution in [2.24, 2.45) is 0 Å². The third kappa shape index (κ3) is 3.47. The SMILES string of the molecule is O=C(O)c1nn(CC(F)(F)F)c2cc(N3CCNCC3)c(F)cc2c1=O. The van der Waals surface area contributed by atoms with Crippen molar-refractivity contribution >= 4 is 22.6 Å². The van der Waals surface area contributed by atoms with Crippen LogP contribution in [0, 0.1) is 5.82 Å². The van der Waals surface area contributed by atoms with Crippen molar-refractivity contribution < 1.29 is 27.5 Å². The second kappa shape index (κ2) is 6.56. The number of carbonyl (C=O) groups is 1. The van der Waals surface area contributed by atoms with Crippen LogP contribution in [0.3, 0.4) is 0 Å². The number of fused-ring (bicyclic) bond motifs is 1. The first-order chi connectivity index (χ1) is 12.2. The number of benzene rings is 1. The first kappa shape index (κ1) is 18.1. The van der Waals surface area contributed by atoms with E-state index in [4.69, 9.17) is 5.11 Å². The van der Waals surface area contributed by atoms with E-state index < -0.39 is 41.0 Å². The number of hydrogen-bond acceptors (Lipinski definition) is 5. The van der Waals surface area contributed by atoms with Gasteiger partial charge >= 0.3 is 12.1 Å². The highest BCUT2D eigenvalue weighted by Gasteiger charge is 2.31. The van der Waals surface area contributed by atoms with Gasteiger partial charge in [-0.25, -0.2) is 9.18 Å². The van der Waals surface area contributed by atoms with Gasteiger partial charge in [0.25, 0.3) is 0 Å². The summed E-state index contributed by atoms with van der Waals surface area (Å²) >= 11 is 0. The van der Waals surface area contributed by atoms with Gasteiger partial charge in [-0.15, -0.1) is 0 Å². The van der Waals surface area contributed by atoms with Crippen LogP contribution in [0.15, 0.2) is 16.9 Å². The molecule has 0 spiro atoms. The zero-order chi connectivity index (χ0) is 19.1. The molecule has 140 valence electrons. The van der Waals surface area contributed by atoms with E-state index in [-0.39, 0.29) is 11.2 Å². The number of hydrogen-bond donors (Lipinski definition) is 2. The fourth-order valence-electron chi connectivity index (χ4n) is 2.87. The van der Waals surface area contributed by atoms with E-state index in [9.17, 15) is 27.2 Å².